The molecule has 0 bridgehead atoms. The molecule has 0 aliphatic carbocycles. The van der Waals surface area contributed by atoms with Crippen molar-refractivity contribution in [2.45, 2.75) is 44.2 Å². The van der Waals surface area contributed by atoms with Crippen molar-refractivity contribution in [3.05, 3.63) is 70.8 Å². The van der Waals surface area contributed by atoms with E-state index in [-0.39, 0.29) is 19.6 Å². The van der Waals surface area contributed by atoms with Gasteiger partial charge in [-0.3, -0.25) is 0 Å². The first-order valence-electron chi connectivity index (χ1n) is 10.7. The van der Waals surface area contributed by atoms with Gasteiger partial charge in [-0.2, -0.15) is 0 Å². The molecule has 1 heterocycles. The first-order chi connectivity index (χ1) is 15.4. The lowest BCUT2D eigenvalue weighted by Gasteiger charge is -2.42. The van der Waals surface area contributed by atoms with Gasteiger partial charge in [0, 0.05) is 25.0 Å². The van der Waals surface area contributed by atoms with E-state index in [1.54, 1.807) is 12.1 Å². The lowest BCUT2D eigenvalue weighted by molar-refractivity contribution is -0.299. The third-order valence-corrected chi connectivity index (χ3v) is 5.83. The molecular weight excluding hydrogens is 432 g/mol. The van der Waals surface area contributed by atoms with Crippen molar-refractivity contribution in [2.75, 3.05) is 26.9 Å². The molecule has 0 spiro atoms. The number of halogens is 1. The second-order valence-electron chi connectivity index (χ2n) is 7.77. The van der Waals surface area contributed by atoms with Crippen LogP contribution in [0.15, 0.2) is 49.1 Å². The average molecular weight is 463 g/mol. The van der Waals surface area contributed by atoms with E-state index in [1.807, 2.05) is 37.3 Å². The van der Waals surface area contributed by atoms with E-state index in [0.717, 1.165) is 16.9 Å². The molecule has 2 aromatic carbocycles. The Morgan fingerprint density at radius 1 is 1.25 bits per heavy atom. The Bertz CT molecular complexity index is 900. The van der Waals surface area contributed by atoms with Crippen LogP contribution in [0.25, 0.3) is 0 Å². The monoisotopic (exact) mass is 462 g/mol. The number of hydrogen-bond donors (Lipinski definition) is 2. The van der Waals surface area contributed by atoms with Crippen LogP contribution in [-0.2, 0) is 21.7 Å². The Morgan fingerprint density at radius 2 is 2.00 bits per heavy atom. The summed E-state index contributed by atoms with van der Waals surface area (Å²) in [5.41, 5.74) is 2.53. The summed E-state index contributed by atoms with van der Waals surface area (Å²) in [6, 6.07) is 11.5. The first kappa shape index (κ1) is 24.6. The quantitative estimate of drug-likeness (QED) is 0.515. The highest BCUT2D eigenvalue weighted by molar-refractivity contribution is 6.31. The van der Waals surface area contributed by atoms with Crippen LogP contribution in [0.3, 0.4) is 0 Å². The standard InChI is InChI=1S/C25H31ClO6/c1-4-10-31-24-14-23(26)18(11-17-6-8-20(9-7-17)30-5-2)12-22(24)25(29-3)15-19(28)13-21(16-27)32-25/h4,6-9,12,14,19,21,27-28H,1,5,10-11,13,15-16H2,2-3H3. The van der Waals surface area contributed by atoms with E-state index >= 15 is 0 Å². The van der Waals surface area contributed by atoms with E-state index in [9.17, 15) is 10.2 Å². The number of aliphatic hydroxyl groups is 2. The molecule has 0 aromatic heterocycles. The van der Waals surface area contributed by atoms with Gasteiger partial charge in [0.15, 0.2) is 0 Å². The van der Waals surface area contributed by atoms with Crippen LogP contribution in [0.5, 0.6) is 11.5 Å². The highest BCUT2D eigenvalue weighted by atomic mass is 35.5. The van der Waals surface area contributed by atoms with Crippen molar-refractivity contribution in [1.82, 2.24) is 0 Å². The van der Waals surface area contributed by atoms with Gasteiger partial charge in [0.1, 0.15) is 18.1 Å². The van der Waals surface area contributed by atoms with Gasteiger partial charge in [0.05, 0.1) is 31.0 Å². The molecular formula is C25H31ClO6. The Balaban J connectivity index is 2.01. The normalized spacial score (nSPS) is 23.0. The van der Waals surface area contributed by atoms with Crippen LogP contribution >= 0.6 is 11.6 Å². The van der Waals surface area contributed by atoms with E-state index in [2.05, 4.69) is 6.58 Å². The largest absolute Gasteiger partial charge is 0.494 e. The van der Waals surface area contributed by atoms with Gasteiger partial charge in [0.25, 0.3) is 0 Å². The molecule has 3 rings (SSSR count). The number of aliphatic hydroxyl groups excluding tert-OH is 2. The van der Waals surface area contributed by atoms with Gasteiger partial charge >= 0.3 is 0 Å². The van der Waals surface area contributed by atoms with E-state index in [4.69, 9.17) is 30.5 Å². The Morgan fingerprint density at radius 3 is 2.62 bits per heavy atom. The zero-order valence-corrected chi connectivity index (χ0v) is 19.3. The van der Waals surface area contributed by atoms with Crippen LogP contribution in [0, 0.1) is 0 Å². The number of methoxy groups -OCH3 is 1. The third kappa shape index (κ3) is 5.63. The van der Waals surface area contributed by atoms with Crippen molar-refractivity contribution in [3.8, 4) is 11.5 Å². The van der Waals surface area contributed by atoms with Crippen molar-refractivity contribution >= 4 is 11.6 Å². The molecule has 0 amide bonds. The minimum Gasteiger partial charge on any atom is -0.494 e. The van der Waals surface area contributed by atoms with Crippen LogP contribution in [0.1, 0.15) is 36.5 Å². The molecule has 2 N–H and O–H groups in total. The lowest BCUT2D eigenvalue weighted by atomic mass is 9.90. The smallest absolute Gasteiger partial charge is 0.201 e. The van der Waals surface area contributed by atoms with Gasteiger partial charge in [-0.25, -0.2) is 0 Å². The fraction of sp³-hybridized carbons (Fsp3) is 0.440. The second kappa shape index (κ2) is 11.2. The van der Waals surface area contributed by atoms with E-state index in [0.29, 0.717) is 35.8 Å². The maximum Gasteiger partial charge on any atom is 0.201 e. The molecule has 0 radical (unpaired) electrons. The van der Waals surface area contributed by atoms with Gasteiger partial charge in [-0.15, -0.1) is 0 Å². The predicted molar refractivity (Wildman–Crippen MR) is 123 cm³/mol. The Kier molecular flexibility index (Phi) is 8.57. The summed E-state index contributed by atoms with van der Waals surface area (Å²) in [4.78, 5) is 0. The number of benzene rings is 2. The molecule has 32 heavy (non-hydrogen) atoms. The molecule has 7 heteroatoms. The fourth-order valence-electron chi connectivity index (χ4n) is 3.98. The molecule has 1 saturated heterocycles. The van der Waals surface area contributed by atoms with Gasteiger partial charge < -0.3 is 29.2 Å². The summed E-state index contributed by atoms with van der Waals surface area (Å²) in [5, 5.41) is 20.7. The maximum atomic E-state index is 10.5. The molecule has 174 valence electrons. The van der Waals surface area contributed by atoms with Crippen molar-refractivity contribution in [3.63, 3.8) is 0 Å². The summed E-state index contributed by atoms with van der Waals surface area (Å²) in [7, 11) is 1.52. The van der Waals surface area contributed by atoms with Crippen molar-refractivity contribution < 1.29 is 29.2 Å². The number of rotatable bonds is 10. The predicted octanol–water partition coefficient (Wildman–Crippen LogP) is 4.23. The topological polar surface area (TPSA) is 77.4 Å². The first-order valence-corrected chi connectivity index (χ1v) is 11.1. The average Bonchev–Trinajstić information content (AvgIpc) is 2.79. The summed E-state index contributed by atoms with van der Waals surface area (Å²) in [6.07, 6.45) is 1.49. The van der Waals surface area contributed by atoms with Crippen molar-refractivity contribution in [1.29, 1.82) is 0 Å². The van der Waals surface area contributed by atoms with E-state index < -0.39 is 18.0 Å². The molecule has 3 unspecified atom stereocenters. The minimum atomic E-state index is -1.28. The summed E-state index contributed by atoms with van der Waals surface area (Å²) in [6.45, 7) is 6.31. The molecule has 2 aromatic rings. The van der Waals surface area contributed by atoms with Crippen LogP contribution < -0.4 is 9.47 Å². The highest BCUT2D eigenvalue weighted by Gasteiger charge is 2.45. The number of hydrogen-bond acceptors (Lipinski definition) is 6. The van der Waals surface area contributed by atoms with Gasteiger partial charge in [-0.1, -0.05) is 36.4 Å². The second-order valence-corrected chi connectivity index (χ2v) is 8.17. The Labute approximate surface area is 194 Å². The van der Waals surface area contributed by atoms with Crippen molar-refractivity contribution in [2.24, 2.45) is 0 Å². The highest BCUT2D eigenvalue weighted by Crippen LogP contribution is 2.44. The zero-order valence-electron chi connectivity index (χ0n) is 18.6. The third-order valence-electron chi connectivity index (χ3n) is 5.47. The molecule has 1 aliphatic rings. The van der Waals surface area contributed by atoms with Gasteiger partial charge in [-0.05, 0) is 48.7 Å². The summed E-state index contributed by atoms with van der Waals surface area (Å²) >= 11 is 6.62. The summed E-state index contributed by atoms with van der Waals surface area (Å²) in [5.74, 6) is 0.0203. The number of ether oxygens (including phenoxy) is 4. The molecule has 0 saturated carbocycles. The maximum absolute atomic E-state index is 10.5. The SMILES string of the molecule is C=CCOc1cc(Cl)c(Cc2ccc(OCC)cc2)cc1C1(OC)CC(O)CC(CO)O1. The molecule has 6 nitrogen and oxygen atoms in total. The molecule has 3 atom stereocenters. The lowest BCUT2D eigenvalue weighted by Crippen LogP contribution is -2.46. The van der Waals surface area contributed by atoms with Crippen LogP contribution in [-0.4, -0.2) is 49.4 Å². The molecule has 1 fully saturated rings. The van der Waals surface area contributed by atoms with Gasteiger partial charge in [0.2, 0.25) is 5.79 Å². The minimum absolute atomic E-state index is 0.203. The van der Waals surface area contributed by atoms with E-state index in [1.165, 1.54) is 7.11 Å². The fourth-order valence-corrected chi connectivity index (χ4v) is 4.20. The Hall–Kier alpha value is -2.09. The molecule has 1 aliphatic heterocycles. The van der Waals surface area contributed by atoms with Crippen LogP contribution in [0.2, 0.25) is 5.02 Å². The summed E-state index contributed by atoms with van der Waals surface area (Å²) < 4.78 is 23.3. The zero-order chi connectivity index (χ0) is 23.1. The van der Waals surface area contributed by atoms with Crippen LogP contribution in [0.4, 0.5) is 0 Å².